The Bertz CT molecular complexity index is 937. The van der Waals surface area contributed by atoms with Gasteiger partial charge in [0.25, 0.3) is 5.91 Å². The van der Waals surface area contributed by atoms with Gasteiger partial charge in [-0.25, -0.2) is 8.78 Å². The van der Waals surface area contributed by atoms with Crippen LogP contribution in [-0.4, -0.2) is 13.0 Å². The van der Waals surface area contributed by atoms with Crippen molar-refractivity contribution in [2.24, 2.45) is 0 Å². The van der Waals surface area contributed by atoms with Crippen LogP contribution in [-0.2, 0) is 17.9 Å². The first-order valence-electron chi connectivity index (χ1n) is 7.73. The van der Waals surface area contributed by atoms with Gasteiger partial charge in [-0.2, -0.15) is 0 Å². The number of nitrogens with one attached hydrogen (secondary N) is 1. The zero-order valence-electron chi connectivity index (χ0n) is 13.9. The lowest BCUT2D eigenvalue weighted by Gasteiger charge is -2.07. The minimum atomic E-state index is -0.375. The Morgan fingerprint density at radius 2 is 2.00 bits per heavy atom. The van der Waals surface area contributed by atoms with Gasteiger partial charge in [0, 0.05) is 29.3 Å². The molecule has 0 radical (unpaired) electrons. The van der Waals surface area contributed by atoms with Crippen molar-refractivity contribution in [3.8, 4) is 0 Å². The second-order valence-electron chi connectivity index (χ2n) is 5.72. The number of benzene rings is 2. The average molecular weight is 361 g/mol. The summed E-state index contributed by atoms with van der Waals surface area (Å²) in [5.41, 5.74) is 1.75. The van der Waals surface area contributed by atoms with Gasteiger partial charge in [0.1, 0.15) is 11.6 Å². The summed E-state index contributed by atoms with van der Waals surface area (Å²) in [7, 11) is 1.50. The molecule has 0 aliphatic rings. The van der Waals surface area contributed by atoms with E-state index in [9.17, 15) is 13.6 Å². The summed E-state index contributed by atoms with van der Waals surface area (Å²) >= 11 is 1.22. The number of rotatable bonds is 5. The maximum absolute atomic E-state index is 14.2. The van der Waals surface area contributed by atoms with Crippen molar-refractivity contribution in [2.75, 3.05) is 7.11 Å². The number of ether oxygens (including phenoxy) is 1. The Labute approximate surface area is 148 Å². The Hall–Kier alpha value is -2.31. The smallest absolute Gasteiger partial charge is 0.262 e. The molecule has 0 unspecified atom stereocenters. The number of fused-ring (bicyclic) bond motifs is 1. The molecule has 25 heavy (non-hydrogen) atoms. The fraction of sp³-hybridized carbons (Fsp3) is 0.211. The van der Waals surface area contributed by atoms with Gasteiger partial charge in [-0.3, -0.25) is 4.79 Å². The van der Waals surface area contributed by atoms with E-state index in [0.29, 0.717) is 31.7 Å². The monoisotopic (exact) mass is 361 g/mol. The molecule has 130 valence electrons. The lowest BCUT2D eigenvalue weighted by molar-refractivity contribution is 0.0950. The van der Waals surface area contributed by atoms with E-state index in [0.717, 1.165) is 0 Å². The molecular weight excluding hydrogens is 344 g/mol. The highest BCUT2D eigenvalue weighted by Crippen LogP contribution is 2.33. The van der Waals surface area contributed by atoms with Crippen LogP contribution in [0.15, 0.2) is 36.4 Å². The molecule has 3 rings (SSSR count). The standard InChI is InChI=1S/C19H17F2NO2S/c1-11-6-7-12(8-15(11)21)9-22-19(23)18-13(10-24-2)17-14(20)4-3-5-16(17)25-18/h3-8H,9-10H2,1-2H3,(H,22,23). The Balaban J connectivity index is 1.87. The third-order valence-corrected chi connectivity index (χ3v) is 5.14. The predicted octanol–water partition coefficient (Wildman–Crippen LogP) is 4.56. The van der Waals surface area contributed by atoms with Gasteiger partial charge in [0.15, 0.2) is 0 Å². The van der Waals surface area contributed by atoms with Crippen molar-refractivity contribution in [3.05, 3.63) is 69.6 Å². The van der Waals surface area contributed by atoms with E-state index < -0.39 is 0 Å². The number of amides is 1. The Kier molecular flexibility index (Phi) is 5.11. The molecule has 0 bridgehead atoms. The van der Waals surface area contributed by atoms with Crippen molar-refractivity contribution in [1.82, 2.24) is 5.32 Å². The molecule has 1 heterocycles. The number of methoxy groups -OCH3 is 1. The molecule has 1 N–H and O–H groups in total. The number of hydrogen-bond acceptors (Lipinski definition) is 3. The fourth-order valence-corrected chi connectivity index (χ4v) is 3.78. The van der Waals surface area contributed by atoms with Crippen LogP contribution in [0.5, 0.6) is 0 Å². The first-order chi connectivity index (χ1) is 12.0. The summed E-state index contributed by atoms with van der Waals surface area (Å²) in [6, 6.07) is 9.58. The van der Waals surface area contributed by atoms with E-state index >= 15 is 0 Å². The summed E-state index contributed by atoms with van der Waals surface area (Å²) in [4.78, 5) is 13.0. The van der Waals surface area contributed by atoms with Crippen LogP contribution in [0.1, 0.15) is 26.4 Å². The van der Waals surface area contributed by atoms with E-state index in [1.165, 1.54) is 30.6 Å². The summed E-state index contributed by atoms with van der Waals surface area (Å²) in [6.07, 6.45) is 0. The lowest BCUT2D eigenvalue weighted by atomic mass is 10.1. The van der Waals surface area contributed by atoms with Crippen molar-refractivity contribution in [2.45, 2.75) is 20.1 Å². The zero-order valence-corrected chi connectivity index (χ0v) is 14.7. The van der Waals surface area contributed by atoms with Gasteiger partial charge in [-0.1, -0.05) is 18.2 Å². The predicted molar refractivity (Wildman–Crippen MR) is 94.8 cm³/mol. The molecule has 3 nitrogen and oxygen atoms in total. The van der Waals surface area contributed by atoms with E-state index in [-0.39, 0.29) is 30.7 Å². The largest absolute Gasteiger partial charge is 0.380 e. The second kappa shape index (κ2) is 7.29. The minimum absolute atomic E-state index is 0.142. The molecule has 0 fully saturated rings. The van der Waals surface area contributed by atoms with Crippen molar-refractivity contribution >= 4 is 27.3 Å². The third kappa shape index (κ3) is 3.55. The Morgan fingerprint density at radius 3 is 2.72 bits per heavy atom. The summed E-state index contributed by atoms with van der Waals surface area (Å²) in [5, 5.41) is 3.19. The normalized spacial score (nSPS) is 11.0. The molecule has 2 aromatic carbocycles. The maximum Gasteiger partial charge on any atom is 0.262 e. The molecule has 0 saturated carbocycles. The second-order valence-corrected chi connectivity index (χ2v) is 6.77. The first kappa shape index (κ1) is 17.5. The summed E-state index contributed by atoms with van der Waals surface area (Å²) < 4.78 is 33.6. The molecular formula is C19H17F2NO2S. The molecule has 1 amide bonds. The van der Waals surface area contributed by atoms with E-state index in [1.54, 1.807) is 31.2 Å². The van der Waals surface area contributed by atoms with Gasteiger partial charge in [-0.05, 0) is 36.2 Å². The van der Waals surface area contributed by atoms with Gasteiger partial charge in [0.2, 0.25) is 0 Å². The van der Waals surface area contributed by atoms with Gasteiger partial charge in [0.05, 0.1) is 11.5 Å². The molecule has 0 saturated heterocycles. The SMILES string of the molecule is COCc1c(C(=O)NCc2ccc(C)c(F)c2)sc2cccc(F)c12. The van der Waals surface area contributed by atoms with Gasteiger partial charge >= 0.3 is 0 Å². The van der Waals surface area contributed by atoms with Gasteiger partial charge < -0.3 is 10.1 Å². The Morgan fingerprint density at radius 1 is 1.20 bits per heavy atom. The van der Waals surface area contributed by atoms with E-state index in [1.807, 2.05) is 0 Å². The number of carbonyl (C=O) groups excluding carboxylic acids is 1. The molecule has 0 aliphatic carbocycles. The molecule has 3 aromatic rings. The van der Waals surface area contributed by atoms with Crippen LogP contribution in [0.4, 0.5) is 8.78 Å². The number of thiophene rings is 1. The number of carbonyl (C=O) groups is 1. The van der Waals surface area contributed by atoms with Crippen LogP contribution < -0.4 is 5.32 Å². The summed E-state index contributed by atoms with van der Waals surface area (Å²) in [5.74, 6) is -1.01. The van der Waals surface area contributed by atoms with Crippen LogP contribution >= 0.6 is 11.3 Å². The topological polar surface area (TPSA) is 38.3 Å². The zero-order chi connectivity index (χ0) is 18.0. The van der Waals surface area contributed by atoms with Crippen molar-refractivity contribution in [1.29, 1.82) is 0 Å². The third-order valence-electron chi connectivity index (χ3n) is 3.95. The van der Waals surface area contributed by atoms with Crippen LogP contribution in [0.2, 0.25) is 0 Å². The van der Waals surface area contributed by atoms with Gasteiger partial charge in [-0.15, -0.1) is 11.3 Å². The molecule has 0 spiro atoms. The molecule has 6 heteroatoms. The van der Waals surface area contributed by atoms with Crippen LogP contribution in [0, 0.1) is 18.6 Å². The summed E-state index contributed by atoms with van der Waals surface area (Å²) in [6.45, 7) is 2.02. The molecule has 0 aliphatic heterocycles. The van der Waals surface area contributed by atoms with Crippen molar-refractivity contribution < 1.29 is 18.3 Å². The van der Waals surface area contributed by atoms with E-state index in [4.69, 9.17) is 4.74 Å². The minimum Gasteiger partial charge on any atom is -0.380 e. The lowest BCUT2D eigenvalue weighted by Crippen LogP contribution is -2.23. The van der Waals surface area contributed by atoms with Crippen LogP contribution in [0.3, 0.4) is 0 Å². The molecule has 0 atom stereocenters. The van der Waals surface area contributed by atoms with Crippen LogP contribution in [0.25, 0.3) is 10.1 Å². The fourth-order valence-electron chi connectivity index (χ4n) is 2.64. The number of halogens is 2. The highest BCUT2D eigenvalue weighted by atomic mass is 32.1. The molecule has 1 aromatic heterocycles. The highest BCUT2D eigenvalue weighted by molar-refractivity contribution is 7.21. The highest BCUT2D eigenvalue weighted by Gasteiger charge is 2.20. The van der Waals surface area contributed by atoms with Crippen molar-refractivity contribution in [3.63, 3.8) is 0 Å². The average Bonchev–Trinajstić information content (AvgIpc) is 2.96. The maximum atomic E-state index is 14.2. The number of aryl methyl sites for hydroxylation is 1. The number of hydrogen-bond donors (Lipinski definition) is 1. The van der Waals surface area contributed by atoms with E-state index in [2.05, 4.69) is 5.32 Å². The first-order valence-corrected chi connectivity index (χ1v) is 8.55. The quantitative estimate of drug-likeness (QED) is 0.723.